The smallest absolute Gasteiger partial charge is 0.272 e. The summed E-state index contributed by atoms with van der Waals surface area (Å²) < 4.78 is 16.1. The Morgan fingerprint density at radius 2 is 1.62 bits per heavy atom. The van der Waals surface area contributed by atoms with E-state index >= 15 is 0 Å². The van der Waals surface area contributed by atoms with Crippen molar-refractivity contribution in [1.82, 2.24) is 5.32 Å². The van der Waals surface area contributed by atoms with Gasteiger partial charge >= 0.3 is 0 Å². The van der Waals surface area contributed by atoms with Gasteiger partial charge in [-0.15, -0.1) is 0 Å². The van der Waals surface area contributed by atoms with E-state index in [1.165, 1.54) is 14.0 Å². The van der Waals surface area contributed by atoms with E-state index in [0.717, 1.165) is 0 Å². The fraction of sp³-hybridized carbons (Fsp3) is 0.273. The summed E-state index contributed by atoms with van der Waals surface area (Å²) in [6.45, 7) is 5.22. The molecule has 7 heteroatoms. The van der Waals surface area contributed by atoms with Crippen molar-refractivity contribution >= 4 is 23.6 Å². The number of carbonyl (C=O) groups is 2. The number of ether oxygens (including phenoxy) is 3. The molecule has 0 bridgehead atoms. The standard InChI is InChI=1S/C22H26N2O5/c1-14(2)29-18-9-7-17(8-10-18)24-22(26)19(23-15(3)25)12-16-6-11-20(27-4)21(13-16)28-5/h6-14H,1-5H3,(H,23,25)(H,24,26)/b19-12-. The van der Waals surface area contributed by atoms with Crippen LogP contribution in [0.15, 0.2) is 48.2 Å². The van der Waals surface area contributed by atoms with Gasteiger partial charge in [-0.1, -0.05) is 6.07 Å². The Hall–Kier alpha value is -3.48. The van der Waals surface area contributed by atoms with E-state index < -0.39 is 5.91 Å². The lowest BCUT2D eigenvalue weighted by Gasteiger charge is -2.12. The van der Waals surface area contributed by atoms with Crippen LogP contribution in [-0.2, 0) is 9.59 Å². The molecule has 0 radical (unpaired) electrons. The van der Waals surface area contributed by atoms with E-state index in [9.17, 15) is 9.59 Å². The first-order chi connectivity index (χ1) is 13.8. The molecule has 2 rings (SSSR count). The lowest BCUT2D eigenvalue weighted by atomic mass is 10.1. The van der Waals surface area contributed by atoms with Crippen molar-refractivity contribution in [1.29, 1.82) is 0 Å². The molecule has 0 aliphatic heterocycles. The second-order valence-electron chi connectivity index (χ2n) is 6.50. The molecule has 29 heavy (non-hydrogen) atoms. The van der Waals surface area contributed by atoms with Crippen molar-refractivity contribution in [3.8, 4) is 17.2 Å². The summed E-state index contributed by atoms with van der Waals surface area (Å²) in [6.07, 6.45) is 1.63. The molecule has 2 aromatic carbocycles. The highest BCUT2D eigenvalue weighted by Gasteiger charge is 2.13. The molecule has 0 saturated carbocycles. The predicted molar refractivity (Wildman–Crippen MR) is 112 cm³/mol. The minimum atomic E-state index is -0.451. The second-order valence-corrected chi connectivity index (χ2v) is 6.50. The zero-order valence-corrected chi connectivity index (χ0v) is 17.2. The highest BCUT2D eigenvalue weighted by atomic mass is 16.5. The van der Waals surface area contributed by atoms with Crippen LogP contribution in [0.25, 0.3) is 6.08 Å². The van der Waals surface area contributed by atoms with Gasteiger partial charge in [0.2, 0.25) is 5.91 Å². The Balaban J connectivity index is 2.24. The minimum absolute atomic E-state index is 0.0613. The van der Waals surface area contributed by atoms with E-state index in [1.54, 1.807) is 55.7 Å². The molecule has 2 aromatic rings. The van der Waals surface area contributed by atoms with Gasteiger partial charge in [0, 0.05) is 12.6 Å². The van der Waals surface area contributed by atoms with Crippen LogP contribution in [0.1, 0.15) is 26.3 Å². The average Bonchev–Trinajstić information content (AvgIpc) is 2.68. The van der Waals surface area contributed by atoms with Crippen LogP contribution >= 0.6 is 0 Å². The molecule has 7 nitrogen and oxygen atoms in total. The highest BCUT2D eigenvalue weighted by Crippen LogP contribution is 2.28. The van der Waals surface area contributed by atoms with Crippen molar-refractivity contribution in [2.45, 2.75) is 26.9 Å². The second kappa shape index (κ2) is 10.2. The van der Waals surface area contributed by atoms with Gasteiger partial charge in [-0.05, 0) is 61.9 Å². The van der Waals surface area contributed by atoms with Crippen LogP contribution in [0.4, 0.5) is 5.69 Å². The molecular weight excluding hydrogens is 372 g/mol. The van der Waals surface area contributed by atoms with Gasteiger partial charge in [-0.3, -0.25) is 9.59 Å². The number of methoxy groups -OCH3 is 2. The Bertz CT molecular complexity index is 889. The van der Waals surface area contributed by atoms with Gasteiger partial charge in [0.25, 0.3) is 5.91 Å². The van der Waals surface area contributed by atoms with E-state index in [4.69, 9.17) is 14.2 Å². The van der Waals surface area contributed by atoms with Gasteiger partial charge in [-0.25, -0.2) is 0 Å². The molecule has 0 saturated heterocycles. The van der Waals surface area contributed by atoms with Crippen LogP contribution in [0.5, 0.6) is 17.2 Å². The molecule has 154 valence electrons. The maximum absolute atomic E-state index is 12.7. The van der Waals surface area contributed by atoms with Crippen molar-refractivity contribution in [2.24, 2.45) is 0 Å². The van der Waals surface area contributed by atoms with Crippen LogP contribution in [0.3, 0.4) is 0 Å². The maximum Gasteiger partial charge on any atom is 0.272 e. The number of benzene rings is 2. The summed E-state index contributed by atoms with van der Waals surface area (Å²) in [5.74, 6) is 0.990. The van der Waals surface area contributed by atoms with Gasteiger partial charge < -0.3 is 24.8 Å². The molecule has 0 atom stereocenters. The number of anilines is 1. The summed E-state index contributed by atoms with van der Waals surface area (Å²) >= 11 is 0. The van der Waals surface area contributed by atoms with Gasteiger partial charge in [0.1, 0.15) is 11.4 Å². The topological polar surface area (TPSA) is 85.9 Å². The maximum atomic E-state index is 12.7. The lowest BCUT2D eigenvalue weighted by molar-refractivity contribution is -0.120. The molecule has 2 N–H and O–H groups in total. The third-order valence-electron chi connectivity index (χ3n) is 3.76. The van der Waals surface area contributed by atoms with Crippen LogP contribution in [0.2, 0.25) is 0 Å². The first-order valence-electron chi connectivity index (χ1n) is 9.11. The third-order valence-corrected chi connectivity index (χ3v) is 3.76. The summed E-state index contributed by atoms with van der Waals surface area (Å²) in [4.78, 5) is 24.3. The number of nitrogens with one attached hydrogen (secondary N) is 2. The molecule has 0 fully saturated rings. The minimum Gasteiger partial charge on any atom is -0.493 e. The quantitative estimate of drug-likeness (QED) is 0.664. The zero-order chi connectivity index (χ0) is 21.4. The number of amides is 2. The molecule has 0 aliphatic carbocycles. The van der Waals surface area contributed by atoms with E-state index in [0.29, 0.717) is 28.5 Å². The zero-order valence-electron chi connectivity index (χ0n) is 17.2. The van der Waals surface area contributed by atoms with Crippen LogP contribution < -0.4 is 24.8 Å². The van der Waals surface area contributed by atoms with E-state index in [1.807, 2.05) is 13.8 Å². The van der Waals surface area contributed by atoms with Crippen LogP contribution in [-0.4, -0.2) is 32.1 Å². The fourth-order valence-electron chi connectivity index (χ4n) is 2.54. The first-order valence-corrected chi connectivity index (χ1v) is 9.11. The third kappa shape index (κ3) is 6.57. The lowest BCUT2D eigenvalue weighted by Crippen LogP contribution is -2.28. The summed E-state index contributed by atoms with van der Waals surface area (Å²) in [7, 11) is 3.07. The first kappa shape index (κ1) is 21.8. The van der Waals surface area contributed by atoms with Crippen molar-refractivity contribution in [2.75, 3.05) is 19.5 Å². The Morgan fingerprint density at radius 3 is 2.17 bits per heavy atom. The van der Waals surface area contributed by atoms with Crippen LogP contribution in [0, 0.1) is 0 Å². The molecular formula is C22H26N2O5. The molecule has 0 spiro atoms. The van der Waals surface area contributed by atoms with E-state index in [2.05, 4.69) is 10.6 Å². The monoisotopic (exact) mass is 398 g/mol. The average molecular weight is 398 g/mol. The van der Waals surface area contributed by atoms with Gasteiger partial charge in [-0.2, -0.15) is 0 Å². The Labute approximate surface area is 170 Å². The molecule has 0 unspecified atom stereocenters. The highest BCUT2D eigenvalue weighted by molar-refractivity contribution is 6.08. The fourth-order valence-corrected chi connectivity index (χ4v) is 2.54. The number of rotatable bonds is 8. The SMILES string of the molecule is COc1ccc(/C=C(\NC(C)=O)C(=O)Nc2ccc(OC(C)C)cc2)cc1OC. The summed E-state index contributed by atoms with van der Waals surface area (Å²) in [6, 6.07) is 12.2. The van der Waals surface area contributed by atoms with E-state index in [-0.39, 0.29) is 17.7 Å². The number of carbonyl (C=O) groups excluding carboxylic acids is 2. The number of hydrogen-bond donors (Lipinski definition) is 2. The summed E-state index contributed by atoms with van der Waals surface area (Å²) in [5.41, 5.74) is 1.35. The molecule has 0 aromatic heterocycles. The summed E-state index contributed by atoms with van der Waals surface area (Å²) in [5, 5.41) is 5.33. The predicted octanol–water partition coefficient (Wildman–Crippen LogP) is 3.61. The van der Waals surface area contributed by atoms with Gasteiger partial charge in [0.05, 0.1) is 20.3 Å². The van der Waals surface area contributed by atoms with Crippen molar-refractivity contribution < 1.29 is 23.8 Å². The molecule has 0 aliphatic rings. The van der Waals surface area contributed by atoms with Gasteiger partial charge in [0.15, 0.2) is 11.5 Å². The normalized spacial score (nSPS) is 11.0. The number of hydrogen-bond acceptors (Lipinski definition) is 5. The Morgan fingerprint density at radius 1 is 0.966 bits per heavy atom. The van der Waals surface area contributed by atoms with Crippen molar-refractivity contribution in [3.05, 3.63) is 53.7 Å². The van der Waals surface area contributed by atoms with Crippen molar-refractivity contribution in [3.63, 3.8) is 0 Å². The molecule has 0 heterocycles. The Kier molecular flexibility index (Phi) is 7.65. The largest absolute Gasteiger partial charge is 0.493 e. The molecule has 2 amide bonds.